The summed E-state index contributed by atoms with van der Waals surface area (Å²) in [5.41, 5.74) is -0.0902. The third-order valence-corrected chi connectivity index (χ3v) is 4.10. The molecule has 0 saturated carbocycles. The van der Waals surface area contributed by atoms with Crippen molar-refractivity contribution in [2.24, 2.45) is 13.0 Å². The second-order valence-corrected chi connectivity index (χ2v) is 6.62. The van der Waals surface area contributed by atoms with Gasteiger partial charge in [-0.25, -0.2) is 4.79 Å². The van der Waals surface area contributed by atoms with Crippen LogP contribution in [0.4, 0.5) is 0 Å². The van der Waals surface area contributed by atoms with Crippen molar-refractivity contribution in [2.45, 2.75) is 53.1 Å². The highest BCUT2D eigenvalue weighted by Crippen LogP contribution is 2.19. The summed E-state index contributed by atoms with van der Waals surface area (Å²) in [4.78, 5) is 29.8. The van der Waals surface area contributed by atoms with Gasteiger partial charge >= 0.3 is 5.69 Å². The van der Waals surface area contributed by atoms with Crippen molar-refractivity contribution in [1.82, 2.24) is 18.7 Å². The van der Waals surface area contributed by atoms with Crippen LogP contribution in [0.1, 0.15) is 40.0 Å². The molecule has 2 heterocycles. The van der Waals surface area contributed by atoms with Crippen LogP contribution >= 0.6 is 0 Å². The molecule has 0 aliphatic carbocycles. The zero-order valence-electron chi connectivity index (χ0n) is 15.5. The first-order valence-corrected chi connectivity index (χ1v) is 8.86. The van der Waals surface area contributed by atoms with E-state index in [9.17, 15) is 9.59 Å². The number of imidazole rings is 1. The van der Waals surface area contributed by atoms with E-state index in [1.165, 1.54) is 4.57 Å². The summed E-state index contributed by atoms with van der Waals surface area (Å²) < 4.78 is 10.0. The number of aliphatic hydroxyl groups is 1. The first-order valence-electron chi connectivity index (χ1n) is 8.86. The van der Waals surface area contributed by atoms with Gasteiger partial charge in [0, 0.05) is 26.7 Å². The maximum absolute atomic E-state index is 12.9. The second-order valence-electron chi connectivity index (χ2n) is 6.62. The van der Waals surface area contributed by atoms with Crippen LogP contribution in [0.5, 0.6) is 6.01 Å². The zero-order valence-corrected chi connectivity index (χ0v) is 15.5. The van der Waals surface area contributed by atoms with Gasteiger partial charge < -0.3 is 9.84 Å². The second kappa shape index (κ2) is 8.33. The largest absolute Gasteiger partial charge is 0.465 e. The number of aryl methyl sites for hydroxylation is 2. The Morgan fingerprint density at radius 1 is 1.20 bits per heavy atom. The lowest BCUT2D eigenvalue weighted by molar-refractivity contribution is 0.276. The molecule has 0 aliphatic heterocycles. The van der Waals surface area contributed by atoms with Gasteiger partial charge in [-0.1, -0.05) is 20.8 Å². The molecule has 0 atom stereocenters. The van der Waals surface area contributed by atoms with Crippen molar-refractivity contribution in [3.63, 3.8) is 0 Å². The van der Waals surface area contributed by atoms with Crippen molar-refractivity contribution in [3.8, 4) is 6.01 Å². The van der Waals surface area contributed by atoms with E-state index in [1.54, 1.807) is 11.6 Å². The summed E-state index contributed by atoms with van der Waals surface area (Å²) in [5, 5.41) is 9.03. The van der Waals surface area contributed by atoms with Gasteiger partial charge in [-0.2, -0.15) is 4.98 Å². The van der Waals surface area contributed by atoms with E-state index in [0.717, 1.165) is 17.4 Å². The van der Waals surface area contributed by atoms with Crippen LogP contribution < -0.4 is 16.0 Å². The Morgan fingerprint density at radius 2 is 1.92 bits per heavy atom. The monoisotopic (exact) mass is 352 g/mol. The molecule has 0 fully saturated rings. The lowest BCUT2D eigenvalue weighted by Crippen LogP contribution is -2.39. The van der Waals surface area contributed by atoms with E-state index in [-0.39, 0.29) is 18.7 Å². The molecule has 0 saturated heterocycles. The van der Waals surface area contributed by atoms with Crippen LogP contribution in [0, 0.1) is 5.92 Å². The van der Waals surface area contributed by atoms with E-state index in [2.05, 4.69) is 18.8 Å². The molecule has 0 spiro atoms. The van der Waals surface area contributed by atoms with E-state index in [4.69, 9.17) is 9.84 Å². The van der Waals surface area contributed by atoms with Gasteiger partial charge in [0.25, 0.3) is 11.6 Å². The predicted octanol–water partition coefficient (Wildman–Crippen LogP) is 1.11. The molecule has 2 rings (SSSR count). The Hall–Kier alpha value is -2.09. The minimum absolute atomic E-state index is 0.0783. The highest BCUT2D eigenvalue weighted by Gasteiger charge is 2.21. The lowest BCUT2D eigenvalue weighted by Gasteiger charge is -2.12. The van der Waals surface area contributed by atoms with E-state index < -0.39 is 5.69 Å². The van der Waals surface area contributed by atoms with Gasteiger partial charge in [0.2, 0.25) is 0 Å². The molecule has 1 N–H and O–H groups in total. The number of rotatable bonds is 9. The topological polar surface area (TPSA) is 91.3 Å². The van der Waals surface area contributed by atoms with Gasteiger partial charge in [0.05, 0.1) is 6.61 Å². The minimum atomic E-state index is -0.429. The minimum Gasteiger partial charge on any atom is -0.465 e. The number of hydrogen-bond donors (Lipinski definition) is 1. The molecule has 0 amide bonds. The standard InChI is InChI=1S/C17H28N4O4/c1-5-11-25-16-18-14-13(20(16)9-7-12(2)3)15(23)21(8-6-10-22)17(24)19(14)4/h12,22H,5-11H2,1-4H3. The fourth-order valence-corrected chi connectivity index (χ4v) is 2.68. The average Bonchev–Trinajstić information content (AvgIpc) is 2.95. The highest BCUT2D eigenvalue weighted by atomic mass is 16.5. The number of aromatic nitrogens is 4. The van der Waals surface area contributed by atoms with E-state index in [0.29, 0.717) is 42.7 Å². The number of fused-ring (bicyclic) bond motifs is 1. The van der Waals surface area contributed by atoms with Gasteiger partial charge in [-0.05, 0) is 25.2 Å². The van der Waals surface area contributed by atoms with Crippen molar-refractivity contribution in [1.29, 1.82) is 0 Å². The first kappa shape index (κ1) is 19.2. The summed E-state index contributed by atoms with van der Waals surface area (Å²) in [6, 6.07) is 0.379. The van der Waals surface area contributed by atoms with E-state index >= 15 is 0 Å². The molecule has 0 bridgehead atoms. The Balaban J connectivity index is 2.68. The molecule has 8 heteroatoms. The molecule has 0 aromatic carbocycles. The van der Waals surface area contributed by atoms with Crippen LogP contribution in [0.2, 0.25) is 0 Å². The molecular formula is C17H28N4O4. The molecule has 8 nitrogen and oxygen atoms in total. The normalized spacial score (nSPS) is 11.6. The quantitative estimate of drug-likeness (QED) is 0.730. The zero-order chi connectivity index (χ0) is 18.6. The molecule has 0 unspecified atom stereocenters. The SMILES string of the molecule is CCCOc1nc2c(c(=O)n(CCCO)c(=O)n2C)n1CCC(C)C. The van der Waals surface area contributed by atoms with Crippen molar-refractivity contribution in [3.05, 3.63) is 20.8 Å². The molecular weight excluding hydrogens is 324 g/mol. The molecule has 0 radical (unpaired) electrons. The third kappa shape index (κ3) is 3.95. The smallest absolute Gasteiger partial charge is 0.332 e. The molecule has 2 aromatic heterocycles. The van der Waals surface area contributed by atoms with Crippen LogP contribution in [0.3, 0.4) is 0 Å². The van der Waals surface area contributed by atoms with Gasteiger partial charge in [-0.15, -0.1) is 0 Å². The molecule has 0 aliphatic rings. The van der Waals surface area contributed by atoms with E-state index in [1.807, 2.05) is 6.92 Å². The highest BCUT2D eigenvalue weighted by molar-refractivity contribution is 5.71. The maximum Gasteiger partial charge on any atom is 0.332 e. The Kier molecular flexibility index (Phi) is 6.41. The van der Waals surface area contributed by atoms with Crippen LogP contribution in [0.15, 0.2) is 9.59 Å². The van der Waals surface area contributed by atoms with Gasteiger partial charge in [0.15, 0.2) is 11.2 Å². The number of hydrogen-bond acceptors (Lipinski definition) is 5. The van der Waals surface area contributed by atoms with Crippen LogP contribution in [-0.4, -0.2) is 37.0 Å². The van der Waals surface area contributed by atoms with Crippen LogP contribution in [-0.2, 0) is 20.1 Å². The molecule has 25 heavy (non-hydrogen) atoms. The van der Waals surface area contributed by atoms with Crippen molar-refractivity contribution < 1.29 is 9.84 Å². The van der Waals surface area contributed by atoms with Gasteiger partial charge in [-0.3, -0.25) is 18.5 Å². The number of nitrogens with zero attached hydrogens (tertiary/aromatic N) is 4. The first-order chi connectivity index (χ1) is 11.9. The van der Waals surface area contributed by atoms with Gasteiger partial charge in [0.1, 0.15) is 0 Å². The fraction of sp³-hybridized carbons (Fsp3) is 0.706. The fourth-order valence-electron chi connectivity index (χ4n) is 2.68. The lowest BCUT2D eigenvalue weighted by atomic mass is 10.1. The third-order valence-electron chi connectivity index (χ3n) is 4.10. The summed E-state index contributed by atoms with van der Waals surface area (Å²) in [6.45, 7) is 7.42. The number of ether oxygens (including phenoxy) is 1. The summed E-state index contributed by atoms with van der Waals surface area (Å²) >= 11 is 0. The Bertz CT molecular complexity index is 832. The number of aliphatic hydroxyl groups excluding tert-OH is 1. The summed E-state index contributed by atoms with van der Waals surface area (Å²) in [5.74, 6) is 0.459. The Morgan fingerprint density at radius 3 is 2.52 bits per heavy atom. The van der Waals surface area contributed by atoms with Crippen molar-refractivity contribution >= 4 is 11.2 Å². The molecule has 140 valence electrons. The summed E-state index contributed by atoms with van der Waals surface area (Å²) in [7, 11) is 1.60. The van der Waals surface area contributed by atoms with Crippen molar-refractivity contribution in [2.75, 3.05) is 13.2 Å². The predicted molar refractivity (Wildman–Crippen MR) is 96.2 cm³/mol. The molecule has 2 aromatic rings. The van der Waals surface area contributed by atoms with Crippen LogP contribution in [0.25, 0.3) is 11.2 Å². The maximum atomic E-state index is 12.9. The Labute approximate surface area is 146 Å². The average molecular weight is 352 g/mol. The summed E-state index contributed by atoms with van der Waals surface area (Å²) in [6.07, 6.45) is 2.04.